The highest BCUT2D eigenvalue weighted by Gasteiger charge is 2.29. The molecule has 164 valence electrons. The fraction of sp³-hybridized carbons (Fsp3) is 0.423. The highest BCUT2D eigenvalue weighted by molar-refractivity contribution is 5.88. The summed E-state index contributed by atoms with van der Waals surface area (Å²) < 4.78 is 11.3. The number of para-hydroxylation sites is 1. The fourth-order valence-electron chi connectivity index (χ4n) is 4.77. The standard InChI is InChI=1S/C26H32N2O3/c1-5-19-8-7-11-22-24(14-27-26(19)22)23(20-9-6-10-21(12-20)30-4)13-25(29)28-15-17(2)31-18(3)16-28/h6-12,14,17-18,23,27H,5,13,15-16H2,1-4H3/t17-,18-,23-/m1/s1. The van der Waals surface area contributed by atoms with Crippen molar-refractivity contribution in [3.8, 4) is 5.75 Å². The van der Waals surface area contributed by atoms with Crippen LogP contribution in [0.15, 0.2) is 48.7 Å². The molecule has 1 aliphatic heterocycles. The van der Waals surface area contributed by atoms with Crippen LogP contribution in [0.5, 0.6) is 5.75 Å². The number of ether oxygens (including phenoxy) is 2. The Morgan fingerprint density at radius 2 is 1.94 bits per heavy atom. The van der Waals surface area contributed by atoms with Gasteiger partial charge in [0, 0.05) is 42.5 Å². The van der Waals surface area contributed by atoms with E-state index in [1.54, 1.807) is 7.11 Å². The molecule has 1 aromatic heterocycles. The average molecular weight is 421 g/mol. The molecule has 5 nitrogen and oxygen atoms in total. The van der Waals surface area contributed by atoms with E-state index in [0.29, 0.717) is 19.5 Å². The number of aryl methyl sites for hydroxylation is 1. The molecule has 1 saturated heterocycles. The number of hydrogen-bond donors (Lipinski definition) is 1. The first-order chi connectivity index (χ1) is 15.0. The molecule has 0 radical (unpaired) electrons. The third-order valence-corrected chi connectivity index (χ3v) is 6.24. The number of aromatic nitrogens is 1. The number of benzene rings is 2. The van der Waals surface area contributed by atoms with Gasteiger partial charge in [-0.2, -0.15) is 0 Å². The molecule has 2 heterocycles. The highest BCUT2D eigenvalue weighted by Crippen LogP contribution is 2.36. The molecule has 3 aromatic rings. The van der Waals surface area contributed by atoms with Gasteiger partial charge in [0.05, 0.1) is 19.3 Å². The summed E-state index contributed by atoms with van der Waals surface area (Å²) in [5.41, 5.74) is 4.69. The number of H-pyrrole nitrogens is 1. The molecule has 0 bridgehead atoms. The lowest BCUT2D eigenvalue weighted by molar-refractivity contribution is -0.143. The molecule has 0 saturated carbocycles. The van der Waals surface area contributed by atoms with Crippen molar-refractivity contribution in [3.63, 3.8) is 0 Å². The summed E-state index contributed by atoms with van der Waals surface area (Å²) in [5.74, 6) is 0.908. The van der Waals surface area contributed by atoms with Crippen LogP contribution in [0.3, 0.4) is 0 Å². The molecule has 4 rings (SSSR count). The van der Waals surface area contributed by atoms with E-state index in [1.807, 2.05) is 36.9 Å². The van der Waals surface area contributed by atoms with Crippen molar-refractivity contribution in [1.29, 1.82) is 0 Å². The summed E-state index contributed by atoms with van der Waals surface area (Å²) in [5, 5.41) is 1.18. The molecule has 2 aromatic carbocycles. The number of aromatic amines is 1. The Bertz CT molecular complexity index is 1050. The van der Waals surface area contributed by atoms with Crippen molar-refractivity contribution in [2.24, 2.45) is 0 Å². The van der Waals surface area contributed by atoms with Crippen molar-refractivity contribution < 1.29 is 14.3 Å². The zero-order valence-electron chi connectivity index (χ0n) is 18.9. The minimum absolute atomic E-state index is 0.0584. The second kappa shape index (κ2) is 9.15. The number of nitrogens with one attached hydrogen (secondary N) is 1. The molecule has 0 unspecified atom stereocenters. The van der Waals surface area contributed by atoms with Crippen molar-refractivity contribution in [3.05, 3.63) is 65.4 Å². The third-order valence-electron chi connectivity index (χ3n) is 6.24. The van der Waals surface area contributed by atoms with E-state index < -0.39 is 0 Å². The Morgan fingerprint density at radius 1 is 1.19 bits per heavy atom. The van der Waals surface area contributed by atoms with E-state index >= 15 is 0 Å². The van der Waals surface area contributed by atoms with Gasteiger partial charge in [-0.1, -0.05) is 37.3 Å². The average Bonchev–Trinajstić information content (AvgIpc) is 3.20. The van der Waals surface area contributed by atoms with E-state index in [-0.39, 0.29) is 24.0 Å². The largest absolute Gasteiger partial charge is 0.497 e. The quantitative estimate of drug-likeness (QED) is 0.617. The van der Waals surface area contributed by atoms with Gasteiger partial charge in [0.15, 0.2) is 0 Å². The van der Waals surface area contributed by atoms with Crippen molar-refractivity contribution >= 4 is 16.8 Å². The zero-order valence-corrected chi connectivity index (χ0v) is 18.9. The molecule has 0 spiro atoms. The summed E-state index contributed by atoms with van der Waals surface area (Å²) in [6, 6.07) is 14.5. The topological polar surface area (TPSA) is 54.6 Å². The van der Waals surface area contributed by atoms with E-state index in [9.17, 15) is 4.79 Å². The molecule has 31 heavy (non-hydrogen) atoms. The Hall–Kier alpha value is -2.79. The Labute approximate surface area is 184 Å². The van der Waals surface area contributed by atoms with Crippen LogP contribution in [0.4, 0.5) is 0 Å². The van der Waals surface area contributed by atoms with Crippen molar-refractivity contribution in [2.45, 2.75) is 51.7 Å². The lowest BCUT2D eigenvalue weighted by Crippen LogP contribution is -2.48. The lowest BCUT2D eigenvalue weighted by atomic mass is 9.87. The first kappa shape index (κ1) is 21.4. The summed E-state index contributed by atoms with van der Waals surface area (Å²) in [7, 11) is 1.68. The Kier molecular flexibility index (Phi) is 6.33. The molecule has 1 fully saturated rings. The molecule has 1 amide bonds. The molecular weight excluding hydrogens is 388 g/mol. The van der Waals surface area contributed by atoms with E-state index in [4.69, 9.17) is 9.47 Å². The van der Waals surface area contributed by atoms with Gasteiger partial charge in [0.25, 0.3) is 0 Å². The van der Waals surface area contributed by atoms with Crippen LogP contribution in [0, 0.1) is 0 Å². The van der Waals surface area contributed by atoms with Gasteiger partial charge in [-0.25, -0.2) is 0 Å². The Balaban J connectivity index is 1.73. The molecular formula is C26H32N2O3. The number of hydrogen-bond acceptors (Lipinski definition) is 3. The molecule has 1 aliphatic rings. The number of rotatable bonds is 6. The number of morpholine rings is 1. The van der Waals surface area contributed by atoms with Crippen LogP contribution < -0.4 is 4.74 Å². The predicted molar refractivity (Wildman–Crippen MR) is 124 cm³/mol. The first-order valence-electron chi connectivity index (χ1n) is 11.2. The number of methoxy groups -OCH3 is 1. The van der Waals surface area contributed by atoms with Crippen molar-refractivity contribution in [2.75, 3.05) is 20.2 Å². The van der Waals surface area contributed by atoms with Crippen LogP contribution in [0.2, 0.25) is 0 Å². The number of fused-ring (bicyclic) bond motifs is 1. The summed E-state index contributed by atoms with van der Waals surface area (Å²) in [6.07, 6.45) is 3.57. The predicted octanol–water partition coefficient (Wildman–Crippen LogP) is 4.90. The van der Waals surface area contributed by atoms with Gasteiger partial charge >= 0.3 is 0 Å². The van der Waals surface area contributed by atoms with Gasteiger partial charge in [-0.05, 0) is 49.1 Å². The van der Waals surface area contributed by atoms with Crippen LogP contribution in [-0.2, 0) is 16.0 Å². The third kappa shape index (κ3) is 4.47. The number of carbonyl (C=O) groups excluding carboxylic acids is 1. The van der Waals surface area contributed by atoms with E-state index in [1.165, 1.54) is 10.9 Å². The van der Waals surface area contributed by atoms with Crippen LogP contribution >= 0.6 is 0 Å². The number of amides is 1. The number of nitrogens with zero attached hydrogens (tertiary/aromatic N) is 1. The normalized spacial score (nSPS) is 20.1. The molecule has 3 atom stereocenters. The molecule has 5 heteroatoms. The van der Waals surface area contributed by atoms with Gasteiger partial charge in [-0.3, -0.25) is 4.79 Å². The van der Waals surface area contributed by atoms with Gasteiger partial charge in [0.1, 0.15) is 5.75 Å². The van der Waals surface area contributed by atoms with Crippen LogP contribution in [-0.4, -0.2) is 48.2 Å². The monoisotopic (exact) mass is 420 g/mol. The SMILES string of the molecule is CCc1cccc2c([C@H](CC(=O)N3C[C@@H](C)O[C@H](C)C3)c3cccc(OC)c3)c[nH]c12. The van der Waals surface area contributed by atoms with Crippen molar-refractivity contribution in [1.82, 2.24) is 9.88 Å². The second-order valence-corrected chi connectivity index (χ2v) is 8.53. The maximum atomic E-state index is 13.4. The lowest BCUT2D eigenvalue weighted by Gasteiger charge is -2.36. The van der Waals surface area contributed by atoms with Gasteiger partial charge in [0.2, 0.25) is 5.91 Å². The summed E-state index contributed by atoms with van der Waals surface area (Å²) in [6.45, 7) is 7.51. The maximum Gasteiger partial charge on any atom is 0.223 e. The van der Waals surface area contributed by atoms with Crippen LogP contribution in [0.1, 0.15) is 49.8 Å². The maximum absolute atomic E-state index is 13.4. The summed E-state index contributed by atoms with van der Waals surface area (Å²) in [4.78, 5) is 18.8. The van der Waals surface area contributed by atoms with E-state index in [0.717, 1.165) is 28.8 Å². The zero-order chi connectivity index (χ0) is 22.0. The van der Waals surface area contributed by atoms with Crippen LogP contribution in [0.25, 0.3) is 10.9 Å². The minimum atomic E-state index is -0.0584. The fourth-order valence-corrected chi connectivity index (χ4v) is 4.77. The Morgan fingerprint density at radius 3 is 2.65 bits per heavy atom. The minimum Gasteiger partial charge on any atom is -0.497 e. The smallest absolute Gasteiger partial charge is 0.223 e. The van der Waals surface area contributed by atoms with Gasteiger partial charge in [-0.15, -0.1) is 0 Å². The summed E-state index contributed by atoms with van der Waals surface area (Å²) >= 11 is 0. The molecule has 0 aliphatic carbocycles. The first-order valence-corrected chi connectivity index (χ1v) is 11.2. The highest BCUT2D eigenvalue weighted by atomic mass is 16.5. The molecule has 1 N–H and O–H groups in total. The van der Waals surface area contributed by atoms with E-state index in [2.05, 4.69) is 42.4 Å². The second-order valence-electron chi connectivity index (χ2n) is 8.53. The number of carbonyl (C=O) groups is 1. The van der Waals surface area contributed by atoms with Gasteiger partial charge < -0.3 is 19.4 Å².